The highest BCUT2D eigenvalue weighted by atomic mass is 19.1. The predicted molar refractivity (Wildman–Crippen MR) is 83.1 cm³/mol. The summed E-state index contributed by atoms with van der Waals surface area (Å²) < 4.78 is 18.2. The van der Waals surface area contributed by atoms with Crippen LogP contribution in [-0.2, 0) is 10.3 Å². The Morgan fingerprint density at radius 1 is 1.32 bits per heavy atom. The maximum absolute atomic E-state index is 12.9. The van der Waals surface area contributed by atoms with Crippen LogP contribution < -0.4 is 10.6 Å². The lowest BCUT2D eigenvalue weighted by Crippen LogP contribution is -2.43. The molecule has 1 unspecified atom stereocenters. The Labute approximate surface area is 130 Å². The second-order valence-corrected chi connectivity index (χ2v) is 5.66. The molecule has 3 N–H and O–H groups in total. The summed E-state index contributed by atoms with van der Waals surface area (Å²) in [6.45, 7) is 6.60. The Hall–Kier alpha value is -1.66. The Morgan fingerprint density at radius 3 is 2.55 bits per heavy atom. The normalized spacial score (nSPS) is 13.7. The molecule has 0 spiro atoms. The first-order valence-electron chi connectivity index (χ1n) is 7.43. The predicted octanol–water partition coefficient (Wildman–Crippen LogP) is 2.15. The van der Waals surface area contributed by atoms with Crippen molar-refractivity contribution in [2.45, 2.75) is 38.9 Å². The van der Waals surface area contributed by atoms with Crippen LogP contribution in [0.5, 0.6) is 0 Å². The fourth-order valence-electron chi connectivity index (χ4n) is 1.82. The van der Waals surface area contributed by atoms with Crippen molar-refractivity contribution in [1.29, 1.82) is 0 Å². The highest BCUT2D eigenvalue weighted by Crippen LogP contribution is 2.19. The molecule has 0 bridgehead atoms. The minimum Gasteiger partial charge on any atom is -0.384 e. The molecule has 1 rings (SSSR count). The number of hydrogen-bond acceptors (Lipinski definition) is 3. The fraction of sp³-hybridized carbons (Fsp3) is 0.562. The van der Waals surface area contributed by atoms with Crippen LogP contribution in [0.25, 0.3) is 0 Å². The minimum absolute atomic E-state index is 0.0347. The number of hydrogen-bond donors (Lipinski definition) is 3. The number of amides is 2. The van der Waals surface area contributed by atoms with Crippen LogP contribution >= 0.6 is 0 Å². The van der Waals surface area contributed by atoms with Crippen LogP contribution in [0.2, 0.25) is 0 Å². The summed E-state index contributed by atoms with van der Waals surface area (Å²) in [5.41, 5.74) is -0.717. The van der Waals surface area contributed by atoms with Gasteiger partial charge in [-0.3, -0.25) is 0 Å². The summed E-state index contributed by atoms with van der Waals surface area (Å²) in [5, 5.41) is 15.6. The number of rotatable bonds is 8. The van der Waals surface area contributed by atoms with Crippen molar-refractivity contribution in [2.75, 3.05) is 19.7 Å². The van der Waals surface area contributed by atoms with Crippen molar-refractivity contribution >= 4 is 6.03 Å². The van der Waals surface area contributed by atoms with Gasteiger partial charge in [-0.05, 0) is 44.9 Å². The van der Waals surface area contributed by atoms with E-state index in [0.717, 1.165) is 6.42 Å². The third-order valence-corrected chi connectivity index (χ3v) is 3.12. The molecule has 1 aromatic rings. The quantitative estimate of drug-likeness (QED) is 0.644. The Morgan fingerprint density at radius 2 is 1.95 bits per heavy atom. The second-order valence-electron chi connectivity index (χ2n) is 5.66. The number of urea groups is 1. The molecule has 0 fully saturated rings. The van der Waals surface area contributed by atoms with Gasteiger partial charge in [-0.25, -0.2) is 9.18 Å². The van der Waals surface area contributed by atoms with Crippen LogP contribution in [0.3, 0.4) is 0 Å². The second kappa shape index (κ2) is 8.70. The van der Waals surface area contributed by atoms with E-state index in [4.69, 9.17) is 4.74 Å². The van der Waals surface area contributed by atoms with Gasteiger partial charge < -0.3 is 20.5 Å². The minimum atomic E-state index is -1.26. The molecule has 0 aliphatic rings. The SMILES string of the molecule is CC(C)OCCCNC(=O)NCC(C)(O)c1ccc(F)cc1. The van der Waals surface area contributed by atoms with Gasteiger partial charge in [-0.1, -0.05) is 12.1 Å². The first kappa shape index (κ1) is 18.4. The zero-order valence-corrected chi connectivity index (χ0v) is 13.4. The Balaban J connectivity index is 2.29. The first-order chi connectivity index (χ1) is 10.3. The highest BCUT2D eigenvalue weighted by Gasteiger charge is 2.23. The van der Waals surface area contributed by atoms with Crippen molar-refractivity contribution in [2.24, 2.45) is 0 Å². The van der Waals surface area contributed by atoms with Gasteiger partial charge in [0.15, 0.2) is 0 Å². The number of nitrogens with one attached hydrogen (secondary N) is 2. The smallest absolute Gasteiger partial charge is 0.314 e. The zero-order chi connectivity index (χ0) is 16.6. The van der Waals surface area contributed by atoms with Crippen molar-refractivity contribution < 1.29 is 19.0 Å². The van der Waals surface area contributed by atoms with Gasteiger partial charge in [0, 0.05) is 13.2 Å². The molecule has 0 saturated heterocycles. The Kier molecular flexibility index (Phi) is 7.27. The molecule has 6 heteroatoms. The van der Waals surface area contributed by atoms with E-state index < -0.39 is 5.60 Å². The van der Waals surface area contributed by atoms with Gasteiger partial charge in [0.25, 0.3) is 0 Å². The number of carbonyl (C=O) groups excluding carboxylic acids is 1. The van der Waals surface area contributed by atoms with Gasteiger partial charge in [-0.2, -0.15) is 0 Å². The molecule has 5 nitrogen and oxygen atoms in total. The van der Waals surface area contributed by atoms with Gasteiger partial charge >= 0.3 is 6.03 Å². The number of halogens is 1. The molecular weight excluding hydrogens is 287 g/mol. The lowest BCUT2D eigenvalue weighted by molar-refractivity contribution is 0.0591. The molecule has 0 aromatic heterocycles. The summed E-state index contributed by atoms with van der Waals surface area (Å²) >= 11 is 0. The molecule has 2 amide bonds. The molecule has 22 heavy (non-hydrogen) atoms. The summed E-state index contributed by atoms with van der Waals surface area (Å²) in [4.78, 5) is 11.6. The lowest BCUT2D eigenvalue weighted by Gasteiger charge is -2.24. The summed E-state index contributed by atoms with van der Waals surface area (Å²) in [6, 6.07) is 5.19. The van der Waals surface area contributed by atoms with E-state index in [9.17, 15) is 14.3 Å². The van der Waals surface area contributed by atoms with E-state index in [1.807, 2.05) is 13.8 Å². The Bertz CT molecular complexity index is 461. The molecule has 0 aliphatic heterocycles. The highest BCUT2D eigenvalue weighted by molar-refractivity contribution is 5.73. The molecule has 0 heterocycles. The van der Waals surface area contributed by atoms with Crippen molar-refractivity contribution in [1.82, 2.24) is 10.6 Å². The monoisotopic (exact) mass is 312 g/mol. The van der Waals surface area contributed by atoms with Crippen molar-refractivity contribution in [3.05, 3.63) is 35.6 Å². The summed E-state index contributed by atoms with van der Waals surface area (Å²) in [5.74, 6) is -0.367. The van der Waals surface area contributed by atoms with Crippen molar-refractivity contribution in [3.63, 3.8) is 0 Å². The average molecular weight is 312 g/mol. The van der Waals surface area contributed by atoms with E-state index in [2.05, 4.69) is 10.6 Å². The standard InChI is InChI=1S/C16H25FN2O3/c1-12(2)22-10-4-9-18-15(20)19-11-16(3,21)13-5-7-14(17)8-6-13/h5-8,12,21H,4,9-11H2,1-3H3,(H2,18,19,20). The average Bonchev–Trinajstić information content (AvgIpc) is 2.45. The number of carbonyl (C=O) groups is 1. The molecule has 124 valence electrons. The van der Waals surface area contributed by atoms with E-state index >= 15 is 0 Å². The van der Waals surface area contributed by atoms with Gasteiger partial charge in [0.05, 0.1) is 12.6 Å². The third-order valence-electron chi connectivity index (χ3n) is 3.12. The summed E-state index contributed by atoms with van der Waals surface area (Å²) in [7, 11) is 0. The molecule has 0 saturated carbocycles. The lowest BCUT2D eigenvalue weighted by atomic mass is 9.96. The number of ether oxygens (including phenoxy) is 1. The molecule has 0 radical (unpaired) electrons. The molecule has 0 aliphatic carbocycles. The zero-order valence-electron chi connectivity index (χ0n) is 13.4. The van der Waals surface area contributed by atoms with Crippen LogP contribution in [-0.4, -0.2) is 36.9 Å². The van der Waals surface area contributed by atoms with Gasteiger partial charge in [0.1, 0.15) is 11.4 Å². The van der Waals surface area contributed by atoms with Gasteiger partial charge in [-0.15, -0.1) is 0 Å². The van der Waals surface area contributed by atoms with E-state index in [-0.39, 0.29) is 24.5 Å². The van der Waals surface area contributed by atoms with Gasteiger partial charge in [0.2, 0.25) is 0 Å². The number of aliphatic hydroxyl groups is 1. The van der Waals surface area contributed by atoms with Crippen LogP contribution in [0.4, 0.5) is 9.18 Å². The van der Waals surface area contributed by atoms with E-state index in [0.29, 0.717) is 18.7 Å². The summed E-state index contributed by atoms with van der Waals surface area (Å²) in [6.07, 6.45) is 0.902. The number of benzene rings is 1. The maximum Gasteiger partial charge on any atom is 0.314 e. The van der Waals surface area contributed by atoms with Crippen LogP contribution in [0, 0.1) is 5.82 Å². The third kappa shape index (κ3) is 6.87. The largest absolute Gasteiger partial charge is 0.384 e. The topological polar surface area (TPSA) is 70.6 Å². The fourth-order valence-corrected chi connectivity index (χ4v) is 1.82. The molecule has 1 atom stereocenters. The van der Waals surface area contributed by atoms with E-state index in [1.54, 1.807) is 6.92 Å². The van der Waals surface area contributed by atoms with Crippen LogP contribution in [0.1, 0.15) is 32.8 Å². The van der Waals surface area contributed by atoms with Crippen molar-refractivity contribution in [3.8, 4) is 0 Å². The van der Waals surface area contributed by atoms with Crippen LogP contribution in [0.15, 0.2) is 24.3 Å². The molecule has 1 aromatic carbocycles. The molecular formula is C16H25FN2O3. The first-order valence-corrected chi connectivity index (χ1v) is 7.43. The van der Waals surface area contributed by atoms with E-state index in [1.165, 1.54) is 24.3 Å². The maximum atomic E-state index is 12.9.